The van der Waals surface area contributed by atoms with E-state index in [1.165, 1.54) is 30.2 Å². The predicted molar refractivity (Wildman–Crippen MR) is 74.6 cm³/mol. The summed E-state index contributed by atoms with van der Waals surface area (Å²) >= 11 is 1.21. The molecule has 21 heavy (non-hydrogen) atoms. The molecular formula is C14H14F3N3S. The normalized spacial score (nSPS) is 14.6. The average molecular weight is 313 g/mol. The summed E-state index contributed by atoms with van der Waals surface area (Å²) in [7, 11) is 0. The van der Waals surface area contributed by atoms with E-state index in [2.05, 4.69) is 15.5 Å². The van der Waals surface area contributed by atoms with Crippen LogP contribution in [0.3, 0.4) is 0 Å². The quantitative estimate of drug-likeness (QED) is 0.657. The standard InChI is InChI=1S/C14H14F3N3S/c15-10-6-5-9(12(16)13(10)17)14-20-19-11(21-14)2-1-7-18-8-3-4-8/h5-6,8,18H,1-4,7H2. The zero-order valence-corrected chi connectivity index (χ0v) is 12.0. The van der Waals surface area contributed by atoms with Crippen molar-refractivity contribution in [3.05, 3.63) is 34.6 Å². The summed E-state index contributed by atoms with van der Waals surface area (Å²) in [5, 5.41) is 12.3. The van der Waals surface area contributed by atoms with Gasteiger partial charge in [-0.25, -0.2) is 13.2 Å². The van der Waals surface area contributed by atoms with Gasteiger partial charge in [0.15, 0.2) is 22.5 Å². The smallest absolute Gasteiger partial charge is 0.195 e. The highest BCUT2D eigenvalue weighted by Gasteiger charge is 2.20. The molecule has 0 radical (unpaired) electrons. The molecule has 0 unspecified atom stereocenters. The molecule has 1 heterocycles. The molecule has 1 N–H and O–H groups in total. The second-order valence-electron chi connectivity index (χ2n) is 5.06. The molecule has 0 amide bonds. The Morgan fingerprint density at radius 1 is 1.14 bits per heavy atom. The molecule has 0 spiro atoms. The maximum absolute atomic E-state index is 13.7. The molecule has 1 aliphatic rings. The molecule has 1 fully saturated rings. The van der Waals surface area contributed by atoms with Crippen LogP contribution < -0.4 is 5.32 Å². The van der Waals surface area contributed by atoms with Crippen molar-refractivity contribution in [1.82, 2.24) is 15.5 Å². The molecule has 1 aromatic heterocycles. The van der Waals surface area contributed by atoms with Gasteiger partial charge in [0.2, 0.25) is 0 Å². The Morgan fingerprint density at radius 3 is 2.71 bits per heavy atom. The molecule has 7 heteroatoms. The van der Waals surface area contributed by atoms with Gasteiger partial charge in [-0.1, -0.05) is 11.3 Å². The lowest BCUT2D eigenvalue weighted by Crippen LogP contribution is -2.17. The summed E-state index contributed by atoms with van der Waals surface area (Å²) in [6.07, 6.45) is 4.16. The fourth-order valence-corrected chi connectivity index (χ4v) is 2.89. The van der Waals surface area contributed by atoms with Crippen LogP contribution >= 0.6 is 11.3 Å². The highest BCUT2D eigenvalue weighted by atomic mass is 32.1. The first-order valence-corrected chi connectivity index (χ1v) is 7.66. The number of nitrogens with zero attached hydrogens (tertiary/aromatic N) is 2. The van der Waals surface area contributed by atoms with Crippen molar-refractivity contribution in [3.8, 4) is 10.6 Å². The van der Waals surface area contributed by atoms with Gasteiger partial charge in [-0.2, -0.15) is 0 Å². The number of nitrogens with one attached hydrogen (secondary N) is 1. The lowest BCUT2D eigenvalue weighted by atomic mass is 10.2. The zero-order chi connectivity index (χ0) is 14.8. The van der Waals surface area contributed by atoms with E-state index in [1.807, 2.05) is 0 Å². The topological polar surface area (TPSA) is 37.8 Å². The maximum Gasteiger partial charge on any atom is 0.195 e. The molecule has 112 valence electrons. The Bertz CT molecular complexity index is 640. The molecule has 3 nitrogen and oxygen atoms in total. The van der Waals surface area contributed by atoms with Crippen molar-refractivity contribution >= 4 is 11.3 Å². The Hall–Kier alpha value is -1.47. The third kappa shape index (κ3) is 3.41. The number of hydrogen-bond donors (Lipinski definition) is 1. The molecule has 1 aromatic carbocycles. The summed E-state index contributed by atoms with van der Waals surface area (Å²) in [5.74, 6) is -3.89. The number of aromatic nitrogens is 2. The van der Waals surface area contributed by atoms with Crippen LogP contribution in [0, 0.1) is 17.5 Å². The van der Waals surface area contributed by atoms with Crippen molar-refractivity contribution in [2.24, 2.45) is 0 Å². The lowest BCUT2D eigenvalue weighted by Gasteiger charge is -2.00. The second kappa shape index (κ2) is 6.11. The Morgan fingerprint density at radius 2 is 1.95 bits per heavy atom. The summed E-state index contributed by atoms with van der Waals surface area (Å²) < 4.78 is 39.8. The van der Waals surface area contributed by atoms with Crippen LogP contribution in [0.1, 0.15) is 24.3 Å². The molecule has 2 aromatic rings. The summed E-state index contributed by atoms with van der Waals surface area (Å²) in [6, 6.07) is 2.76. The van der Waals surface area contributed by atoms with Crippen LogP contribution in [0.15, 0.2) is 12.1 Å². The fourth-order valence-electron chi connectivity index (χ4n) is 1.99. The van der Waals surface area contributed by atoms with Crippen LogP contribution in [0.2, 0.25) is 0 Å². The van der Waals surface area contributed by atoms with Gasteiger partial charge in [0.05, 0.1) is 5.56 Å². The van der Waals surface area contributed by atoms with Gasteiger partial charge in [-0.3, -0.25) is 0 Å². The first-order chi connectivity index (χ1) is 10.1. The number of benzene rings is 1. The largest absolute Gasteiger partial charge is 0.314 e. The fraction of sp³-hybridized carbons (Fsp3) is 0.429. The minimum Gasteiger partial charge on any atom is -0.314 e. The van der Waals surface area contributed by atoms with Crippen LogP contribution in [-0.2, 0) is 6.42 Å². The van der Waals surface area contributed by atoms with Crippen LogP contribution in [0.4, 0.5) is 13.2 Å². The van der Waals surface area contributed by atoms with Crippen LogP contribution in [-0.4, -0.2) is 22.8 Å². The van der Waals surface area contributed by atoms with Crippen molar-refractivity contribution < 1.29 is 13.2 Å². The number of hydrogen-bond acceptors (Lipinski definition) is 4. The van der Waals surface area contributed by atoms with Gasteiger partial charge in [0, 0.05) is 12.5 Å². The lowest BCUT2D eigenvalue weighted by molar-refractivity contribution is 0.449. The SMILES string of the molecule is Fc1ccc(-c2nnc(CCCNC3CC3)s2)c(F)c1F. The Kier molecular flexibility index (Phi) is 4.21. The van der Waals surface area contributed by atoms with Crippen molar-refractivity contribution in [2.75, 3.05) is 6.54 Å². The van der Waals surface area contributed by atoms with Gasteiger partial charge in [-0.15, -0.1) is 10.2 Å². The van der Waals surface area contributed by atoms with E-state index >= 15 is 0 Å². The highest BCUT2D eigenvalue weighted by Crippen LogP contribution is 2.28. The average Bonchev–Trinajstić information content (AvgIpc) is 3.19. The maximum atomic E-state index is 13.7. The van der Waals surface area contributed by atoms with E-state index in [1.54, 1.807) is 0 Å². The summed E-state index contributed by atoms with van der Waals surface area (Å²) in [5.41, 5.74) is -0.0474. The van der Waals surface area contributed by atoms with Gasteiger partial charge in [0.25, 0.3) is 0 Å². The van der Waals surface area contributed by atoms with Gasteiger partial charge >= 0.3 is 0 Å². The Labute approximate surface area is 124 Å². The van der Waals surface area contributed by atoms with E-state index in [4.69, 9.17) is 0 Å². The molecule has 0 saturated heterocycles. The van der Waals surface area contributed by atoms with E-state index < -0.39 is 17.5 Å². The third-order valence-corrected chi connectivity index (χ3v) is 4.33. The van der Waals surface area contributed by atoms with Gasteiger partial charge in [-0.05, 0) is 37.9 Å². The summed E-state index contributed by atoms with van der Waals surface area (Å²) in [6.45, 7) is 0.916. The van der Waals surface area contributed by atoms with E-state index in [9.17, 15) is 13.2 Å². The van der Waals surface area contributed by atoms with Gasteiger partial charge in [0.1, 0.15) is 5.01 Å². The first-order valence-electron chi connectivity index (χ1n) is 6.85. The van der Waals surface area contributed by atoms with Crippen LogP contribution in [0.5, 0.6) is 0 Å². The molecule has 3 rings (SSSR count). The monoisotopic (exact) mass is 313 g/mol. The van der Waals surface area contributed by atoms with E-state index in [0.29, 0.717) is 6.04 Å². The Balaban J connectivity index is 1.65. The minimum absolute atomic E-state index is 0.0474. The van der Waals surface area contributed by atoms with Gasteiger partial charge < -0.3 is 5.32 Å². The van der Waals surface area contributed by atoms with Crippen molar-refractivity contribution in [3.63, 3.8) is 0 Å². The molecular weight excluding hydrogens is 299 g/mol. The molecule has 1 aliphatic carbocycles. The predicted octanol–water partition coefficient (Wildman–Crippen LogP) is 3.31. The number of rotatable bonds is 6. The first kappa shape index (κ1) is 14.5. The van der Waals surface area contributed by atoms with E-state index in [-0.39, 0.29) is 10.6 Å². The second-order valence-corrected chi connectivity index (χ2v) is 6.12. The van der Waals surface area contributed by atoms with Crippen molar-refractivity contribution in [1.29, 1.82) is 0 Å². The third-order valence-electron chi connectivity index (χ3n) is 3.31. The van der Waals surface area contributed by atoms with Crippen LogP contribution in [0.25, 0.3) is 10.6 Å². The van der Waals surface area contributed by atoms with Crippen molar-refractivity contribution in [2.45, 2.75) is 31.7 Å². The number of aryl methyl sites for hydroxylation is 1. The minimum atomic E-state index is -1.47. The summed E-state index contributed by atoms with van der Waals surface area (Å²) in [4.78, 5) is 0. The molecule has 0 atom stereocenters. The highest BCUT2D eigenvalue weighted by molar-refractivity contribution is 7.14. The number of halogens is 3. The molecule has 1 saturated carbocycles. The molecule has 0 bridgehead atoms. The molecule has 0 aliphatic heterocycles. The van der Waals surface area contributed by atoms with E-state index in [0.717, 1.165) is 30.5 Å². The zero-order valence-electron chi connectivity index (χ0n) is 11.2.